The number of benzene rings is 1. The van der Waals surface area contributed by atoms with Gasteiger partial charge in [0.15, 0.2) is 5.82 Å². The first kappa shape index (κ1) is 16.9. The van der Waals surface area contributed by atoms with Crippen molar-refractivity contribution in [3.8, 4) is 0 Å². The van der Waals surface area contributed by atoms with Gasteiger partial charge in [0.25, 0.3) is 5.91 Å². The smallest absolute Gasteiger partial charge is 0.254 e. The van der Waals surface area contributed by atoms with E-state index in [2.05, 4.69) is 15.4 Å². The standard InChI is InChI=1S/C21H21N5O2/c1-25-18-8-10-26(12-16(18)19(24-25)23-20(27)13-4-5-13)21(28)15-6-7-17-14(11-15)3-2-9-22-17/h2-3,6-7,9,11,13H,4-5,8,10,12H2,1H3,(H,23,24,27). The number of pyridine rings is 1. The minimum atomic E-state index is -0.0141. The normalized spacial score (nSPS) is 16.1. The van der Waals surface area contributed by atoms with E-state index < -0.39 is 0 Å². The van der Waals surface area contributed by atoms with Crippen LogP contribution in [0.4, 0.5) is 5.82 Å². The fourth-order valence-electron chi connectivity index (χ4n) is 3.82. The number of aromatic nitrogens is 3. The van der Waals surface area contributed by atoms with Gasteiger partial charge < -0.3 is 10.2 Å². The Morgan fingerprint density at radius 1 is 1.21 bits per heavy atom. The maximum atomic E-state index is 13.1. The summed E-state index contributed by atoms with van der Waals surface area (Å²) in [6, 6.07) is 9.42. The SMILES string of the molecule is Cn1nc(NC(=O)C2CC2)c2c1CCN(C(=O)c1ccc3ncccc3c1)C2. The van der Waals surface area contributed by atoms with Crippen LogP contribution in [0.25, 0.3) is 10.9 Å². The Bertz CT molecular complexity index is 1100. The number of hydrogen-bond acceptors (Lipinski definition) is 4. The molecule has 142 valence electrons. The summed E-state index contributed by atoms with van der Waals surface area (Å²) in [6.45, 7) is 1.08. The van der Waals surface area contributed by atoms with E-state index >= 15 is 0 Å². The molecule has 0 bridgehead atoms. The summed E-state index contributed by atoms with van der Waals surface area (Å²) in [5.41, 5.74) is 3.55. The number of nitrogens with one attached hydrogen (secondary N) is 1. The number of nitrogens with zero attached hydrogens (tertiary/aromatic N) is 4. The van der Waals surface area contributed by atoms with E-state index in [1.807, 2.05) is 47.0 Å². The lowest BCUT2D eigenvalue weighted by Crippen LogP contribution is -2.36. The number of amides is 2. The number of carbonyl (C=O) groups excluding carboxylic acids is 2. The molecule has 0 atom stereocenters. The van der Waals surface area contributed by atoms with Crippen molar-refractivity contribution in [2.24, 2.45) is 13.0 Å². The van der Waals surface area contributed by atoms with Gasteiger partial charge in [-0.25, -0.2) is 0 Å². The summed E-state index contributed by atoms with van der Waals surface area (Å²) in [5.74, 6) is 0.728. The Balaban J connectivity index is 1.41. The van der Waals surface area contributed by atoms with Gasteiger partial charge in [0.2, 0.25) is 5.91 Å². The van der Waals surface area contributed by atoms with Crippen LogP contribution in [-0.2, 0) is 24.8 Å². The summed E-state index contributed by atoms with van der Waals surface area (Å²) in [7, 11) is 1.89. The van der Waals surface area contributed by atoms with Crippen molar-refractivity contribution >= 4 is 28.5 Å². The molecule has 0 saturated heterocycles. The number of anilines is 1. The zero-order chi connectivity index (χ0) is 19.3. The van der Waals surface area contributed by atoms with Gasteiger partial charge in [-0.15, -0.1) is 0 Å². The molecule has 5 rings (SSSR count). The van der Waals surface area contributed by atoms with Crippen molar-refractivity contribution in [1.29, 1.82) is 0 Å². The molecule has 2 aromatic heterocycles. The van der Waals surface area contributed by atoms with Crippen molar-refractivity contribution in [1.82, 2.24) is 19.7 Å². The lowest BCUT2D eigenvalue weighted by molar-refractivity contribution is -0.117. The Kier molecular flexibility index (Phi) is 3.89. The van der Waals surface area contributed by atoms with Gasteiger partial charge in [0.05, 0.1) is 12.1 Å². The molecule has 3 heterocycles. The molecule has 1 fully saturated rings. The lowest BCUT2D eigenvalue weighted by Gasteiger charge is -2.27. The largest absolute Gasteiger partial charge is 0.334 e. The molecule has 2 aliphatic rings. The molecular weight excluding hydrogens is 354 g/mol. The highest BCUT2D eigenvalue weighted by molar-refractivity contribution is 5.98. The predicted molar refractivity (Wildman–Crippen MR) is 105 cm³/mol. The second-order valence-electron chi connectivity index (χ2n) is 7.55. The Labute approximate surface area is 162 Å². The van der Waals surface area contributed by atoms with Gasteiger partial charge in [-0.2, -0.15) is 5.10 Å². The number of hydrogen-bond donors (Lipinski definition) is 1. The Morgan fingerprint density at radius 2 is 2.07 bits per heavy atom. The summed E-state index contributed by atoms with van der Waals surface area (Å²) >= 11 is 0. The summed E-state index contributed by atoms with van der Waals surface area (Å²) in [6.07, 6.45) is 4.36. The van der Waals surface area contributed by atoms with Crippen molar-refractivity contribution in [2.75, 3.05) is 11.9 Å². The molecule has 7 nitrogen and oxygen atoms in total. The molecule has 7 heteroatoms. The number of fused-ring (bicyclic) bond motifs is 2. The number of rotatable bonds is 3. The quantitative estimate of drug-likeness (QED) is 0.763. The van der Waals surface area contributed by atoms with Crippen LogP contribution in [0.1, 0.15) is 34.5 Å². The number of aryl methyl sites for hydroxylation is 1. The van der Waals surface area contributed by atoms with Crippen LogP contribution in [0.2, 0.25) is 0 Å². The summed E-state index contributed by atoms with van der Waals surface area (Å²) in [4.78, 5) is 31.4. The molecule has 0 unspecified atom stereocenters. The molecular formula is C21H21N5O2. The van der Waals surface area contributed by atoms with E-state index in [1.165, 1.54) is 0 Å². The predicted octanol–water partition coefficient (Wildman–Crippen LogP) is 2.52. The average Bonchev–Trinajstić information content (AvgIpc) is 3.53. The molecule has 28 heavy (non-hydrogen) atoms. The van der Waals surface area contributed by atoms with Gasteiger partial charge in [-0.1, -0.05) is 6.07 Å². The second-order valence-corrected chi connectivity index (χ2v) is 7.55. The van der Waals surface area contributed by atoms with E-state index in [4.69, 9.17) is 0 Å². The van der Waals surface area contributed by atoms with Crippen molar-refractivity contribution in [2.45, 2.75) is 25.8 Å². The molecule has 0 spiro atoms. The molecule has 1 aliphatic heterocycles. The van der Waals surface area contributed by atoms with Crippen LogP contribution < -0.4 is 5.32 Å². The van der Waals surface area contributed by atoms with Gasteiger partial charge in [-0.05, 0) is 37.1 Å². The van der Waals surface area contributed by atoms with Crippen LogP contribution in [-0.4, -0.2) is 38.0 Å². The summed E-state index contributed by atoms with van der Waals surface area (Å²) < 4.78 is 1.82. The molecule has 2 amide bonds. The molecule has 0 radical (unpaired) electrons. The van der Waals surface area contributed by atoms with Crippen molar-refractivity contribution < 1.29 is 9.59 Å². The monoisotopic (exact) mass is 375 g/mol. The van der Waals surface area contributed by atoms with Gasteiger partial charge in [0, 0.05) is 54.3 Å². The zero-order valence-electron chi connectivity index (χ0n) is 15.7. The van der Waals surface area contributed by atoms with Gasteiger partial charge in [0.1, 0.15) is 0 Å². The van der Waals surface area contributed by atoms with Crippen LogP contribution in [0.3, 0.4) is 0 Å². The van der Waals surface area contributed by atoms with E-state index in [9.17, 15) is 9.59 Å². The van der Waals surface area contributed by atoms with Gasteiger partial charge in [-0.3, -0.25) is 19.3 Å². The average molecular weight is 375 g/mol. The van der Waals surface area contributed by atoms with Crippen LogP contribution in [0.15, 0.2) is 36.5 Å². The van der Waals surface area contributed by atoms with Crippen LogP contribution in [0.5, 0.6) is 0 Å². The third kappa shape index (κ3) is 2.93. The van der Waals surface area contributed by atoms with Crippen molar-refractivity contribution in [3.05, 3.63) is 53.3 Å². The highest BCUT2D eigenvalue weighted by Gasteiger charge is 2.33. The first-order valence-electron chi connectivity index (χ1n) is 9.60. The molecule has 1 saturated carbocycles. The van der Waals surface area contributed by atoms with Crippen LogP contribution >= 0.6 is 0 Å². The minimum absolute atomic E-state index is 0.0141. The third-order valence-electron chi connectivity index (χ3n) is 5.57. The maximum Gasteiger partial charge on any atom is 0.254 e. The molecule has 1 aromatic carbocycles. The maximum absolute atomic E-state index is 13.1. The zero-order valence-corrected chi connectivity index (χ0v) is 15.7. The highest BCUT2D eigenvalue weighted by atomic mass is 16.2. The lowest BCUT2D eigenvalue weighted by atomic mass is 10.0. The second kappa shape index (κ2) is 6.44. The fraction of sp³-hybridized carbons (Fsp3) is 0.333. The molecule has 1 N–H and O–H groups in total. The van der Waals surface area contributed by atoms with E-state index in [0.717, 1.165) is 41.4 Å². The molecule has 3 aromatic rings. The van der Waals surface area contributed by atoms with E-state index in [0.29, 0.717) is 24.5 Å². The topological polar surface area (TPSA) is 80.1 Å². The number of carbonyl (C=O) groups is 2. The molecule has 1 aliphatic carbocycles. The highest BCUT2D eigenvalue weighted by Crippen LogP contribution is 2.32. The van der Waals surface area contributed by atoms with Crippen LogP contribution in [0, 0.1) is 5.92 Å². The van der Waals surface area contributed by atoms with Crippen molar-refractivity contribution in [3.63, 3.8) is 0 Å². The van der Waals surface area contributed by atoms with E-state index in [1.54, 1.807) is 6.20 Å². The summed E-state index contributed by atoms with van der Waals surface area (Å²) in [5, 5.41) is 8.40. The fourth-order valence-corrected chi connectivity index (χ4v) is 3.82. The third-order valence-corrected chi connectivity index (χ3v) is 5.57. The Morgan fingerprint density at radius 3 is 2.89 bits per heavy atom. The Hall–Kier alpha value is -3.22. The minimum Gasteiger partial charge on any atom is -0.334 e. The first-order chi connectivity index (χ1) is 13.6. The van der Waals surface area contributed by atoms with E-state index in [-0.39, 0.29) is 17.7 Å². The van der Waals surface area contributed by atoms with Gasteiger partial charge >= 0.3 is 0 Å². The first-order valence-corrected chi connectivity index (χ1v) is 9.60.